The number of benzene rings is 1. The van der Waals surface area contributed by atoms with Crippen LogP contribution in [-0.2, 0) is 0 Å². The predicted molar refractivity (Wildman–Crippen MR) is 91.6 cm³/mol. The maximum Gasteiger partial charge on any atom is 0.0480 e. The summed E-state index contributed by atoms with van der Waals surface area (Å²) in [5.41, 5.74) is 1.30. The molecule has 20 heavy (non-hydrogen) atoms. The Bertz CT molecular complexity index is 416. The zero-order valence-electron chi connectivity index (χ0n) is 12.6. The molecule has 2 rings (SSSR count). The minimum atomic E-state index is 0.650. The highest BCUT2D eigenvalue weighted by molar-refractivity contribution is 7.99. The molecule has 2 heteroatoms. The highest BCUT2D eigenvalue weighted by atomic mass is 32.2. The van der Waals surface area contributed by atoms with Gasteiger partial charge in [-0.2, -0.15) is 0 Å². The third-order valence-electron chi connectivity index (χ3n) is 4.27. The van der Waals surface area contributed by atoms with Crippen molar-refractivity contribution in [3.63, 3.8) is 0 Å². The third kappa shape index (κ3) is 4.59. The Labute approximate surface area is 128 Å². The van der Waals surface area contributed by atoms with Crippen LogP contribution in [0, 0.1) is 5.92 Å². The average molecular weight is 289 g/mol. The van der Waals surface area contributed by atoms with Crippen molar-refractivity contribution in [3.05, 3.63) is 36.9 Å². The summed E-state index contributed by atoms with van der Waals surface area (Å²) in [6.45, 7) is 6.14. The molecular weight excluding hydrogens is 262 g/mol. The fraction of sp³-hybridized carbons (Fsp3) is 0.556. The van der Waals surface area contributed by atoms with Crippen LogP contribution >= 0.6 is 11.8 Å². The molecule has 0 bridgehead atoms. The van der Waals surface area contributed by atoms with E-state index in [0.717, 1.165) is 11.7 Å². The smallest absolute Gasteiger partial charge is 0.0480 e. The molecule has 110 valence electrons. The summed E-state index contributed by atoms with van der Waals surface area (Å²) >= 11 is 1.87. The lowest BCUT2D eigenvalue weighted by atomic mass is 9.98. The molecule has 0 spiro atoms. The van der Waals surface area contributed by atoms with Crippen molar-refractivity contribution in [2.24, 2.45) is 5.92 Å². The van der Waals surface area contributed by atoms with E-state index in [9.17, 15) is 0 Å². The fourth-order valence-corrected chi connectivity index (χ4v) is 3.77. The summed E-state index contributed by atoms with van der Waals surface area (Å²) < 4.78 is 0. The van der Waals surface area contributed by atoms with Gasteiger partial charge in [0.15, 0.2) is 0 Å². The Kier molecular flexibility index (Phi) is 6.52. The van der Waals surface area contributed by atoms with E-state index in [4.69, 9.17) is 0 Å². The molecule has 1 saturated carbocycles. The van der Waals surface area contributed by atoms with Gasteiger partial charge < -0.3 is 5.32 Å². The molecule has 1 aliphatic rings. The largest absolute Gasteiger partial charge is 0.381 e. The standard InChI is InChI=1S/C18H27NS/c1-3-14-20-18-11-6-5-10-17(18)19-16-9-7-8-15(4-2)12-13-16/h3,5-6,10-11,15-16,19H,1,4,7-9,12-14H2,2H3. The highest BCUT2D eigenvalue weighted by Gasteiger charge is 2.18. The lowest BCUT2D eigenvalue weighted by Gasteiger charge is -2.20. The Hall–Kier alpha value is -0.890. The van der Waals surface area contributed by atoms with Crippen molar-refractivity contribution in [1.82, 2.24) is 0 Å². The molecule has 2 atom stereocenters. The van der Waals surface area contributed by atoms with Crippen LogP contribution in [0.2, 0.25) is 0 Å². The van der Waals surface area contributed by atoms with Crippen molar-refractivity contribution in [2.45, 2.75) is 56.4 Å². The fourth-order valence-electron chi connectivity index (χ4n) is 3.01. The van der Waals surface area contributed by atoms with Crippen molar-refractivity contribution in [2.75, 3.05) is 11.1 Å². The Morgan fingerprint density at radius 1 is 1.25 bits per heavy atom. The van der Waals surface area contributed by atoms with Gasteiger partial charge in [-0.25, -0.2) is 0 Å². The van der Waals surface area contributed by atoms with E-state index in [1.165, 1.54) is 49.1 Å². The number of anilines is 1. The quantitative estimate of drug-likeness (QED) is 0.407. The molecule has 1 N–H and O–H groups in total. The van der Waals surface area contributed by atoms with E-state index < -0.39 is 0 Å². The summed E-state index contributed by atoms with van der Waals surface area (Å²) in [5.74, 6) is 1.92. The van der Waals surface area contributed by atoms with Gasteiger partial charge in [-0.05, 0) is 37.3 Å². The molecule has 0 aliphatic heterocycles. The summed E-state index contributed by atoms with van der Waals surface area (Å²) in [6, 6.07) is 9.33. The maximum absolute atomic E-state index is 3.81. The van der Waals surface area contributed by atoms with Crippen LogP contribution in [0.4, 0.5) is 5.69 Å². The van der Waals surface area contributed by atoms with Crippen LogP contribution < -0.4 is 5.32 Å². The summed E-state index contributed by atoms with van der Waals surface area (Å²) in [7, 11) is 0. The Morgan fingerprint density at radius 2 is 2.10 bits per heavy atom. The molecule has 2 unspecified atom stereocenters. The minimum Gasteiger partial charge on any atom is -0.381 e. The van der Waals surface area contributed by atoms with Crippen molar-refractivity contribution in [1.29, 1.82) is 0 Å². The zero-order valence-corrected chi connectivity index (χ0v) is 13.4. The first kappa shape index (κ1) is 15.5. The number of hydrogen-bond donors (Lipinski definition) is 1. The SMILES string of the molecule is C=CCSc1ccccc1NC1CCCC(CC)CC1. The van der Waals surface area contributed by atoms with Gasteiger partial charge in [0.2, 0.25) is 0 Å². The maximum atomic E-state index is 3.81. The van der Waals surface area contributed by atoms with E-state index in [-0.39, 0.29) is 0 Å². The van der Waals surface area contributed by atoms with Crippen LogP contribution in [-0.4, -0.2) is 11.8 Å². The summed E-state index contributed by atoms with van der Waals surface area (Å²) in [5, 5.41) is 3.79. The first-order valence-corrected chi connectivity index (χ1v) is 8.91. The molecule has 0 radical (unpaired) electrons. The van der Waals surface area contributed by atoms with Gasteiger partial charge in [-0.3, -0.25) is 0 Å². The first-order valence-electron chi connectivity index (χ1n) is 7.92. The van der Waals surface area contributed by atoms with E-state index in [0.29, 0.717) is 6.04 Å². The monoisotopic (exact) mass is 289 g/mol. The number of rotatable bonds is 6. The first-order chi connectivity index (χ1) is 9.83. The third-order valence-corrected chi connectivity index (χ3v) is 5.34. The van der Waals surface area contributed by atoms with Gasteiger partial charge in [0, 0.05) is 22.4 Å². The van der Waals surface area contributed by atoms with Crippen LogP contribution in [0.5, 0.6) is 0 Å². The molecule has 1 aliphatic carbocycles. The molecule has 0 saturated heterocycles. The normalized spacial score (nSPS) is 23.1. The number of nitrogens with one attached hydrogen (secondary N) is 1. The topological polar surface area (TPSA) is 12.0 Å². The van der Waals surface area contributed by atoms with Crippen molar-refractivity contribution < 1.29 is 0 Å². The number of hydrogen-bond acceptors (Lipinski definition) is 2. The van der Waals surface area contributed by atoms with Gasteiger partial charge in [-0.15, -0.1) is 18.3 Å². The molecule has 1 nitrogen and oxygen atoms in total. The molecule has 1 aromatic carbocycles. The molecule has 0 amide bonds. The Balaban J connectivity index is 1.96. The predicted octanol–water partition coefficient (Wildman–Crippen LogP) is 5.74. The van der Waals surface area contributed by atoms with Crippen LogP contribution in [0.3, 0.4) is 0 Å². The van der Waals surface area contributed by atoms with Crippen LogP contribution in [0.25, 0.3) is 0 Å². The van der Waals surface area contributed by atoms with Gasteiger partial charge in [0.1, 0.15) is 0 Å². The Morgan fingerprint density at radius 3 is 2.90 bits per heavy atom. The second kappa shape index (κ2) is 8.41. The van der Waals surface area contributed by atoms with Crippen LogP contribution in [0.1, 0.15) is 45.4 Å². The lowest BCUT2D eigenvalue weighted by molar-refractivity contribution is 0.444. The molecule has 0 heterocycles. The average Bonchev–Trinajstić information content (AvgIpc) is 2.71. The molecule has 1 fully saturated rings. The van der Waals surface area contributed by atoms with E-state index in [2.05, 4.69) is 43.1 Å². The van der Waals surface area contributed by atoms with Gasteiger partial charge >= 0.3 is 0 Å². The van der Waals surface area contributed by atoms with Gasteiger partial charge in [-0.1, -0.05) is 44.4 Å². The van der Waals surface area contributed by atoms with Gasteiger partial charge in [0.05, 0.1) is 0 Å². The highest BCUT2D eigenvalue weighted by Crippen LogP contribution is 2.31. The van der Waals surface area contributed by atoms with Crippen molar-refractivity contribution in [3.8, 4) is 0 Å². The summed E-state index contributed by atoms with van der Waals surface area (Å²) in [6.07, 6.45) is 10.1. The molecular formula is C18H27NS. The van der Waals surface area contributed by atoms with E-state index in [1.54, 1.807) is 0 Å². The van der Waals surface area contributed by atoms with Crippen LogP contribution in [0.15, 0.2) is 41.8 Å². The second-order valence-electron chi connectivity index (χ2n) is 5.72. The van der Waals surface area contributed by atoms with Gasteiger partial charge in [0.25, 0.3) is 0 Å². The summed E-state index contributed by atoms with van der Waals surface area (Å²) in [4.78, 5) is 1.35. The van der Waals surface area contributed by atoms with E-state index >= 15 is 0 Å². The number of para-hydroxylation sites is 1. The lowest BCUT2D eigenvalue weighted by Crippen LogP contribution is -2.18. The number of thioether (sulfide) groups is 1. The second-order valence-corrected chi connectivity index (χ2v) is 6.78. The van der Waals surface area contributed by atoms with E-state index in [1.807, 2.05) is 17.8 Å². The van der Waals surface area contributed by atoms with Crippen molar-refractivity contribution >= 4 is 17.4 Å². The molecule has 0 aromatic heterocycles. The molecule has 1 aromatic rings. The zero-order chi connectivity index (χ0) is 14.2. The minimum absolute atomic E-state index is 0.650.